The first-order valence-corrected chi connectivity index (χ1v) is 6.46. The van der Waals surface area contributed by atoms with Crippen molar-refractivity contribution in [1.29, 1.82) is 0 Å². The summed E-state index contributed by atoms with van der Waals surface area (Å²) >= 11 is 0. The Balaban J connectivity index is 2.67. The molecular formula is C16H17F2NO2. The summed E-state index contributed by atoms with van der Waals surface area (Å²) in [6.45, 7) is 0. The average molecular weight is 293 g/mol. The van der Waals surface area contributed by atoms with Gasteiger partial charge in [-0.05, 0) is 31.3 Å². The Bertz CT molecular complexity index is 589. The highest BCUT2D eigenvalue weighted by molar-refractivity contribution is 5.51. The molecule has 0 bridgehead atoms. The second kappa shape index (κ2) is 6.54. The number of halogens is 2. The first-order chi connectivity index (χ1) is 10.1. The monoisotopic (exact) mass is 293 g/mol. The Hall–Kier alpha value is -2.14. The number of nitrogens with one attached hydrogen (secondary N) is 1. The van der Waals surface area contributed by atoms with Crippen LogP contribution in [0.4, 0.5) is 8.78 Å². The molecule has 0 saturated heterocycles. The van der Waals surface area contributed by atoms with Gasteiger partial charge in [0.25, 0.3) is 0 Å². The molecule has 0 heterocycles. The minimum absolute atomic E-state index is 0.0669. The zero-order valence-electron chi connectivity index (χ0n) is 12.1. The van der Waals surface area contributed by atoms with Gasteiger partial charge in [0.1, 0.15) is 23.1 Å². The van der Waals surface area contributed by atoms with Crippen LogP contribution in [0.2, 0.25) is 0 Å². The number of rotatable bonds is 5. The summed E-state index contributed by atoms with van der Waals surface area (Å²) in [4.78, 5) is 0. The first kappa shape index (κ1) is 15.3. The van der Waals surface area contributed by atoms with Gasteiger partial charge >= 0.3 is 0 Å². The van der Waals surface area contributed by atoms with Crippen molar-refractivity contribution < 1.29 is 18.3 Å². The van der Waals surface area contributed by atoms with E-state index in [1.54, 1.807) is 25.2 Å². The normalized spacial score (nSPS) is 12.0. The van der Waals surface area contributed by atoms with Crippen LogP contribution in [-0.4, -0.2) is 21.3 Å². The molecular weight excluding hydrogens is 276 g/mol. The van der Waals surface area contributed by atoms with E-state index in [0.717, 1.165) is 0 Å². The molecule has 112 valence electrons. The van der Waals surface area contributed by atoms with Crippen molar-refractivity contribution >= 4 is 0 Å². The van der Waals surface area contributed by atoms with E-state index in [9.17, 15) is 8.78 Å². The van der Waals surface area contributed by atoms with Crippen molar-refractivity contribution in [3.05, 3.63) is 59.2 Å². The van der Waals surface area contributed by atoms with Crippen LogP contribution in [-0.2, 0) is 0 Å². The lowest BCUT2D eigenvalue weighted by Crippen LogP contribution is -2.22. The van der Waals surface area contributed by atoms with Gasteiger partial charge in [0.2, 0.25) is 0 Å². The molecule has 0 aliphatic heterocycles. The average Bonchev–Trinajstić information content (AvgIpc) is 2.50. The van der Waals surface area contributed by atoms with E-state index < -0.39 is 17.7 Å². The Morgan fingerprint density at radius 2 is 1.33 bits per heavy atom. The molecule has 1 unspecified atom stereocenters. The summed E-state index contributed by atoms with van der Waals surface area (Å²) in [5.41, 5.74) is 0.483. The maximum Gasteiger partial charge on any atom is 0.131 e. The first-order valence-electron chi connectivity index (χ1n) is 6.46. The molecule has 0 saturated carbocycles. The number of ether oxygens (including phenoxy) is 2. The highest BCUT2D eigenvalue weighted by Gasteiger charge is 2.26. The number of hydrogen-bond acceptors (Lipinski definition) is 3. The fourth-order valence-corrected chi connectivity index (χ4v) is 2.38. The second-order valence-corrected chi connectivity index (χ2v) is 4.43. The van der Waals surface area contributed by atoms with Gasteiger partial charge < -0.3 is 14.8 Å². The van der Waals surface area contributed by atoms with Crippen LogP contribution in [0, 0.1) is 11.6 Å². The van der Waals surface area contributed by atoms with Crippen LogP contribution in [0.5, 0.6) is 11.5 Å². The maximum absolute atomic E-state index is 14.1. The lowest BCUT2D eigenvalue weighted by atomic mass is 9.96. The molecule has 21 heavy (non-hydrogen) atoms. The molecule has 0 aliphatic rings. The van der Waals surface area contributed by atoms with Crippen LogP contribution >= 0.6 is 0 Å². The van der Waals surface area contributed by atoms with Gasteiger partial charge in [-0.3, -0.25) is 0 Å². The smallest absolute Gasteiger partial charge is 0.131 e. The van der Waals surface area contributed by atoms with E-state index in [0.29, 0.717) is 17.1 Å². The molecule has 0 aliphatic carbocycles. The van der Waals surface area contributed by atoms with Gasteiger partial charge in [0.15, 0.2) is 0 Å². The SMILES string of the molecule is CNC(c1c(F)cccc1F)c1c(OC)cccc1OC. The van der Waals surface area contributed by atoms with Gasteiger partial charge in [-0.15, -0.1) is 0 Å². The van der Waals surface area contributed by atoms with Crippen molar-refractivity contribution in [3.63, 3.8) is 0 Å². The largest absolute Gasteiger partial charge is 0.496 e. The van der Waals surface area contributed by atoms with E-state index in [4.69, 9.17) is 9.47 Å². The van der Waals surface area contributed by atoms with E-state index >= 15 is 0 Å². The van der Waals surface area contributed by atoms with Gasteiger partial charge in [-0.25, -0.2) is 8.78 Å². The number of benzene rings is 2. The van der Waals surface area contributed by atoms with Crippen LogP contribution in [0.15, 0.2) is 36.4 Å². The topological polar surface area (TPSA) is 30.5 Å². The molecule has 0 amide bonds. The van der Waals surface area contributed by atoms with Crippen LogP contribution < -0.4 is 14.8 Å². The molecule has 0 radical (unpaired) electrons. The van der Waals surface area contributed by atoms with Gasteiger partial charge in [-0.1, -0.05) is 12.1 Å². The lowest BCUT2D eigenvalue weighted by molar-refractivity contribution is 0.376. The van der Waals surface area contributed by atoms with Crippen molar-refractivity contribution in [2.75, 3.05) is 21.3 Å². The van der Waals surface area contributed by atoms with Gasteiger partial charge in [0.05, 0.1) is 25.8 Å². The standard InChI is InChI=1S/C16H17F2NO2/c1-19-16(14-10(17)6-4-7-11(14)18)15-12(20-2)8-5-9-13(15)21-3/h4-9,16,19H,1-3H3. The van der Waals surface area contributed by atoms with E-state index in [2.05, 4.69) is 5.32 Å². The summed E-state index contributed by atoms with van der Waals surface area (Å²) in [6.07, 6.45) is 0. The summed E-state index contributed by atoms with van der Waals surface area (Å²) in [5.74, 6) is -0.252. The molecule has 0 spiro atoms. The van der Waals surface area contributed by atoms with Crippen molar-refractivity contribution in [1.82, 2.24) is 5.32 Å². The molecule has 1 N–H and O–H groups in total. The minimum Gasteiger partial charge on any atom is -0.496 e. The van der Waals surface area contributed by atoms with Gasteiger partial charge in [-0.2, -0.15) is 0 Å². The summed E-state index contributed by atoms with van der Waals surface area (Å²) in [5, 5.41) is 2.93. The molecule has 1 atom stereocenters. The third-order valence-electron chi connectivity index (χ3n) is 3.33. The number of hydrogen-bond donors (Lipinski definition) is 1. The van der Waals surface area contributed by atoms with Crippen molar-refractivity contribution in [2.45, 2.75) is 6.04 Å². The zero-order chi connectivity index (χ0) is 15.4. The van der Waals surface area contributed by atoms with Crippen LogP contribution in [0.25, 0.3) is 0 Å². The van der Waals surface area contributed by atoms with Crippen LogP contribution in [0.3, 0.4) is 0 Å². The molecule has 2 aromatic carbocycles. The maximum atomic E-state index is 14.1. The molecule has 2 rings (SSSR count). The summed E-state index contributed by atoms with van der Waals surface area (Å²) in [7, 11) is 4.63. The highest BCUT2D eigenvalue weighted by atomic mass is 19.1. The quantitative estimate of drug-likeness (QED) is 0.917. The summed E-state index contributed by atoms with van der Waals surface area (Å²) < 4.78 is 38.8. The van der Waals surface area contributed by atoms with E-state index in [1.807, 2.05) is 0 Å². The lowest BCUT2D eigenvalue weighted by Gasteiger charge is -2.23. The predicted octanol–water partition coefficient (Wildman–Crippen LogP) is 3.29. The third kappa shape index (κ3) is 2.83. The predicted molar refractivity (Wildman–Crippen MR) is 76.8 cm³/mol. The van der Waals surface area contributed by atoms with Gasteiger partial charge in [0, 0.05) is 5.56 Å². The van der Waals surface area contributed by atoms with E-state index in [-0.39, 0.29) is 5.56 Å². The van der Waals surface area contributed by atoms with Crippen molar-refractivity contribution in [2.24, 2.45) is 0 Å². The molecule has 3 nitrogen and oxygen atoms in total. The molecule has 0 fully saturated rings. The molecule has 0 aromatic heterocycles. The fraction of sp³-hybridized carbons (Fsp3) is 0.250. The van der Waals surface area contributed by atoms with E-state index in [1.165, 1.54) is 32.4 Å². The Kier molecular flexibility index (Phi) is 4.75. The summed E-state index contributed by atoms with van der Waals surface area (Å²) in [6, 6.07) is 8.26. The zero-order valence-corrected chi connectivity index (χ0v) is 12.1. The third-order valence-corrected chi connectivity index (χ3v) is 3.33. The molecule has 2 aromatic rings. The highest BCUT2D eigenvalue weighted by Crippen LogP contribution is 2.38. The Morgan fingerprint density at radius 3 is 1.76 bits per heavy atom. The fourth-order valence-electron chi connectivity index (χ4n) is 2.38. The second-order valence-electron chi connectivity index (χ2n) is 4.43. The minimum atomic E-state index is -0.725. The Morgan fingerprint density at radius 1 is 0.857 bits per heavy atom. The number of methoxy groups -OCH3 is 2. The van der Waals surface area contributed by atoms with Crippen LogP contribution in [0.1, 0.15) is 17.2 Å². The molecule has 5 heteroatoms. The Labute approximate surface area is 122 Å². The van der Waals surface area contributed by atoms with Crippen molar-refractivity contribution in [3.8, 4) is 11.5 Å².